The van der Waals surface area contributed by atoms with Gasteiger partial charge in [-0.3, -0.25) is 0 Å². The van der Waals surface area contributed by atoms with Gasteiger partial charge in [-0.15, -0.1) is 0 Å². The van der Waals surface area contributed by atoms with E-state index in [-0.39, 0.29) is 0 Å². The van der Waals surface area contributed by atoms with Crippen LogP contribution in [-0.2, 0) is 29.8 Å². The van der Waals surface area contributed by atoms with Gasteiger partial charge < -0.3 is 0 Å². The van der Waals surface area contributed by atoms with Crippen molar-refractivity contribution in [1.29, 1.82) is 0 Å². The molecule has 0 amide bonds. The summed E-state index contributed by atoms with van der Waals surface area (Å²) >= 11 is 1.01. The summed E-state index contributed by atoms with van der Waals surface area (Å²) in [6.07, 6.45) is -3.70. The number of hydrogen-bond donors (Lipinski definition) is 0. The van der Waals surface area contributed by atoms with Crippen molar-refractivity contribution in [3.63, 3.8) is 0 Å². The van der Waals surface area contributed by atoms with E-state index in [2.05, 4.69) is 0 Å². The molecular weight excluding hydrogens is 500 g/mol. The minimum absolute atomic E-state index is 0.334. The molecule has 0 saturated heterocycles. The molecule has 0 saturated carbocycles. The van der Waals surface area contributed by atoms with Crippen molar-refractivity contribution < 1.29 is 13.2 Å². The third kappa shape index (κ3) is 5.54. The van der Waals surface area contributed by atoms with Crippen molar-refractivity contribution in [2.45, 2.75) is 57.5 Å². The zero-order valence-electron chi connectivity index (χ0n) is 18.5. The van der Waals surface area contributed by atoms with Crippen LogP contribution in [0, 0.1) is 0 Å². The molecule has 0 unspecified atom stereocenters. The van der Waals surface area contributed by atoms with Crippen LogP contribution in [0.3, 0.4) is 0 Å². The second-order valence-corrected chi connectivity index (χ2v) is 11.0. The molecular formula is C27H28F3Sn. The quantitative estimate of drug-likeness (QED) is 0.319. The van der Waals surface area contributed by atoms with Crippen molar-refractivity contribution in [2.75, 3.05) is 0 Å². The van der Waals surface area contributed by atoms with Gasteiger partial charge in [-0.1, -0.05) is 0 Å². The minimum atomic E-state index is -4.39. The van der Waals surface area contributed by atoms with Gasteiger partial charge in [-0.2, -0.15) is 0 Å². The van der Waals surface area contributed by atoms with E-state index in [9.17, 15) is 13.2 Å². The van der Waals surface area contributed by atoms with Gasteiger partial charge in [0.05, 0.1) is 0 Å². The zero-order valence-corrected chi connectivity index (χ0v) is 21.3. The van der Waals surface area contributed by atoms with Crippen LogP contribution in [-0.4, -0.2) is 22.5 Å². The first-order chi connectivity index (χ1) is 14.4. The number of alkyl halides is 3. The molecule has 0 heterocycles. The Hall–Kier alpha value is -1.75. The Morgan fingerprint density at radius 2 is 1.10 bits per heavy atom. The Bertz CT molecular complexity index is 1020. The monoisotopic (exact) mass is 529 g/mol. The van der Waals surface area contributed by atoms with Crippen molar-refractivity contribution >= 4 is 26.1 Å². The molecule has 161 valence electrons. The van der Waals surface area contributed by atoms with Gasteiger partial charge in [0, 0.05) is 0 Å². The average molecular weight is 528 g/mol. The molecule has 3 rings (SSSR count). The molecule has 0 aromatic heterocycles. The second-order valence-electron chi connectivity index (χ2n) is 9.48. The first kappa shape index (κ1) is 23.9. The number of rotatable bonds is 6. The van der Waals surface area contributed by atoms with E-state index >= 15 is 0 Å². The standard InChI is InChI=1S/C27H28F3.Sn/c1-25(2,22-14-7-5-8-15-22)18-20-12-11-13-21(24(20)27(28,29)30)19-26(3,4)23-16-9-6-10-17-23;/h5-12,14-17H,18-19H2,1-4H3;. The van der Waals surface area contributed by atoms with E-state index in [1.807, 2.05) is 94.4 Å². The molecule has 0 N–H and O–H groups in total. The molecule has 0 aliphatic rings. The summed E-state index contributed by atoms with van der Waals surface area (Å²) in [5.41, 5.74) is 1.67. The van der Waals surface area contributed by atoms with E-state index in [1.165, 1.54) is 0 Å². The Labute approximate surface area is 197 Å². The summed E-state index contributed by atoms with van der Waals surface area (Å²) in [5.74, 6) is 0. The van der Waals surface area contributed by atoms with Crippen LogP contribution in [0.15, 0.2) is 72.8 Å². The van der Waals surface area contributed by atoms with E-state index in [0.717, 1.165) is 37.2 Å². The average Bonchev–Trinajstić information content (AvgIpc) is 2.70. The molecule has 0 spiro atoms. The van der Waals surface area contributed by atoms with Crippen molar-refractivity contribution in [2.24, 2.45) is 0 Å². The first-order valence-electron chi connectivity index (χ1n) is 10.5. The SMILES string of the molecule is CC(C)(Cc1cc[c]([Sn])c(CC(C)(C)c2ccccc2)c1C(F)(F)F)c1ccccc1. The molecule has 3 aromatic carbocycles. The number of benzene rings is 3. The molecule has 4 heteroatoms. The van der Waals surface area contributed by atoms with Crippen molar-refractivity contribution in [3.8, 4) is 0 Å². The number of hydrogen-bond acceptors (Lipinski definition) is 0. The summed E-state index contributed by atoms with van der Waals surface area (Å²) in [4.78, 5) is 0. The Morgan fingerprint density at radius 1 is 0.645 bits per heavy atom. The molecule has 0 bridgehead atoms. The summed E-state index contributed by atoms with van der Waals surface area (Å²) in [5, 5.41) is 0. The molecule has 0 aliphatic heterocycles. The Kier molecular flexibility index (Phi) is 6.95. The number of halogens is 3. The molecule has 3 aromatic rings. The van der Waals surface area contributed by atoms with Crippen molar-refractivity contribution in [3.05, 3.63) is 101 Å². The van der Waals surface area contributed by atoms with Gasteiger partial charge in [0.25, 0.3) is 0 Å². The Balaban J connectivity index is 2.09. The van der Waals surface area contributed by atoms with Crippen LogP contribution in [0.1, 0.15) is 55.5 Å². The van der Waals surface area contributed by atoms with Crippen LogP contribution in [0.2, 0.25) is 0 Å². The molecule has 31 heavy (non-hydrogen) atoms. The van der Waals surface area contributed by atoms with Gasteiger partial charge in [0.15, 0.2) is 0 Å². The maximum atomic E-state index is 14.5. The van der Waals surface area contributed by atoms with Gasteiger partial charge >= 0.3 is 197 Å². The normalized spacial score (nSPS) is 12.8. The molecule has 3 radical (unpaired) electrons. The zero-order chi connectivity index (χ0) is 22.9. The van der Waals surface area contributed by atoms with Crippen molar-refractivity contribution in [1.82, 2.24) is 0 Å². The summed E-state index contributed by atoms with van der Waals surface area (Å²) < 4.78 is 44.1. The predicted octanol–water partition coefficient (Wildman–Crippen LogP) is 6.54. The summed E-state index contributed by atoms with van der Waals surface area (Å²) in [6, 6.07) is 23.2. The van der Waals surface area contributed by atoms with Crippen LogP contribution in [0.5, 0.6) is 0 Å². The first-order valence-corrected chi connectivity index (χ1v) is 11.9. The molecule has 0 nitrogen and oxygen atoms in total. The van der Waals surface area contributed by atoms with Gasteiger partial charge in [-0.25, -0.2) is 0 Å². The third-order valence-electron chi connectivity index (χ3n) is 6.04. The van der Waals surface area contributed by atoms with Crippen LogP contribution >= 0.6 is 0 Å². The summed E-state index contributed by atoms with van der Waals surface area (Å²) in [6.45, 7) is 8.08. The Morgan fingerprint density at radius 3 is 1.55 bits per heavy atom. The van der Waals surface area contributed by atoms with Crippen LogP contribution in [0.25, 0.3) is 0 Å². The van der Waals surface area contributed by atoms with Crippen LogP contribution in [0.4, 0.5) is 13.2 Å². The van der Waals surface area contributed by atoms with E-state index in [4.69, 9.17) is 0 Å². The molecule has 0 aliphatic carbocycles. The molecule has 0 fully saturated rings. The predicted molar refractivity (Wildman–Crippen MR) is 123 cm³/mol. The topological polar surface area (TPSA) is 0 Å². The van der Waals surface area contributed by atoms with Crippen LogP contribution < -0.4 is 3.58 Å². The fourth-order valence-corrected chi connectivity index (χ4v) is 5.13. The summed E-state index contributed by atoms with van der Waals surface area (Å²) in [7, 11) is 0. The fraction of sp³-hybridized carbons (Fsp3) is 0.333. The maximum absolute atomic E-state index is 14.5. The second kappa shape index (κ2) is 9.01. The van der Waals surface area contributed by atoms with E-state index in [0.29, 0.717) is 24.0 Å². The van der Waals surface area contributed by atoms with Gasteiger partial charge in [0.2, 0.25) is 0 Å². The van der Waals surface area contributed by atoms with E-state index < -0.39 is 22.6 Å². The fourth-order valence-electron chi connectivity index (χ4n) is 4.28. The third-order valence-corrected chi connectivity index (χ3v) is 7.38. The van der Waals surface area contributed by atoms with E-state index in [1.54, 1.807) is 6.07 Å². The van der Waals surface area contributed by atoms with Gasteiger partial charge in [-0.05, 0) is 0 Å². The molecule has 0 atom stereocenters. The van der Waals surface area contributed by atoms with Gasteiger partial charge in [0.1, 0.15) is 0 Å².